The molecule has 2 rings (SSSR count). The van der Waals surface area contributed by atoms with E-state index in [-0.39, 0.29) is 11.4 Å². The van der Waals surface area contributed by atoms with Gasteiger partial charge < -0.3 is 5.73 Å². The second-order valence-electron chi connectivity index (χ2n) is 3.25. The van der Waals surface area contributed by atoms with E-state index in [1.165, 1.54) is 17.8 Å². The van der Waals surface area contributed by atoms with Crippen molar-refractivity contribution in [3.8, 4) is 0 Å². The van der Waals surface area contributed by atoms with Gasteiger partial charge in [0.15, 0.2) is 0 Å². The SMILES string of the molecule is Nc1cc(Sc2ccccn2)ccc1[N+](=O)[O-]. The first-order chi connectivity index (χ1) is 8.16. The summed E-state index contributed by atoms with van der Waals surface area (Å²) in [5.41, 5.74) is 5.69. The van der Waals surface area contributed by atoms with E-state index in [1.54, 1.807) is 18.3 Å². The van der Waals surface area contributed by atoms with Crippen LogP contribution >= 0.6 is 11.8 Å². The molecule has 0 aliphatic heterocycles. The normalized spacial score (nSPS) is 10.1. The van der Waals surface area contributed by atoms with Gasteiger partial charge >= 0.3 is 0 Å². The minimum atomic E-state index is -0.495. The zero-order valence-electron chi connectivity index (χ0n) is 8.74. The van der Waals surface area contributed by atoms with E-state index in [0.717, 1.165) is 9.92 Å². The lowest BCUT2D eigenvalue weighted by atomic mass is 10.3. The summed E-state index contributed by atoms with van der Waals surface area (Å²) in [7, 11) is 0. The van der Waals surface area contributed by atoms with Crippen molar-refractivity contribution in [1.82, 2.24) is 4.98 Å². The zero-order chi connectivity index (χ0) is 12.3. The number of pyridine rings is 1. The standard InChI is InChI=1S/C11H9N3O2S/c12-9-7-8(4-5-10(9)14(15)16)17-11-3-1-2-6-13-11/h1-7H,12H2. The smallest absolute Gasteiger partial charge is 0.292 e. The van der Waals surface area contributed by atoms with Crippen LogP contribution in [0.4, 0.5) is 11.4 Å². The average molecular weight is 247 g/mol. The van der Waals surface area contributed by atoms with Crippen molar-refractivity contribution in [2.75, 3.05) is 5.73 Å². The first kappa shape index (κ1) is 11.4. The number of nitro groups is 1. The third-order valence-corrected chi connectivity index (χ3v) is 3.00. The number of nitrogens with two attached hydrogens (primary N) is 1. The van der Waals surface area contributed by atoms with Gasteiger partial charge in [0.1, 0.15) is 10.7 Å². The first-order valence-electron chi connectivity index (χ1n) is 4.79. The van der Waals surface area contributed by atoms with Crippen molar-refractivity contribution < 1.29 is 4.92 Å². The number of hydrogen-bond acceptors (Lipinski definition) is 5. The van der Waals surface area contributed by atoms with E-state index in [1.807, 2.05) is 18.2 Å². The predicted molar refractivity (Wildman–Crippen MR) is 65.9 cm³/mol. The molecule has 5 nitrogen and oxygen atoms in total. The van der Waals surface area contributed by atoms with Crippen LogP contribution < -0.4 is 5.73 Å². The van der Waals surface area contributed by atoms with Gasteiger partial charge in [-0.15, -0.1) is 0 Å². The Morgan fingerprint density at radius 2 is 2.12 bits per heavy atom. The quantitative estimate of drug-likeness (QED) is 0.512. The minimum Gasteiger partial charge on any atom is -0.393 e. The lowest BCUT2D eigenvalue weighted by molar-refractivity contribution is -0.383. The summed E-state index contributed by atoms with van der Waals surface area (Å²) >= 11 is 1.41. The van der Waals surface area contributed by atoms with Crippen LogP contribution in [0.5, 0.6) is 0 Å². The van der Waals surface area contributed by atoms with Gasteiger partial charge in [0, 0.05) is 17.2 Å². The van der Waals surface area contributed by atoms with Crippen LogP contribution in [-0.2, 0) is 0 Å². The van der Waals surface area contributed by atoms with Gasteiger partial charge in [0.25, 0.3) is 5.69 Å². The number of nitro benzene ring substituents is 1. The molecule has 1 aromatic heterocycles. The maximum Gasteiger partial charge on any atom is 0.292 e. The third-order valence-electron chi connectivity index (χ3n) is 2.06. The molecule has 0 saturated carbocycles. The number of benzene rings is 1. The zero-order valence-corrected chi connectivity index (χ0v) is 9.55. The fourth-order valence-electron chi connectivity index (χ4n) is 1.29. The molecule has 6 heteroatoms. The summed E-state index contributed by atoms with van der Waals surface area (Å²) in [5, 5.41) is 11.4. The van der Waals surface area contributed by atoms with Crippen LogP contribution in [0.25, 0.3) is 0 Å². The molecule has 2 N–H and O–H groups in total. The lowest BCUT2D eigenvalue weighted by Crippen LogP contribution is -1.95. The number of anilines is 1. The third kappa shape index (κ3) is 2.73. The van der Waals surface area contributed by atoms with Crippen LogP contribution in [-0.4, -0.2) is 9.91 Å². The lowest BCUT2D eigenvalue weighted by Gasteiger charge is -2.02. The highest BCUT2D eigenvalue weighted by Crippen LogP contribution is 2.31. The highest BCUT2D eigenvalue weighted by atomic mass is 32.2. The fraction of sp³-hybridized carbons (Fsp3) is 0. The summed E-state index contributed by atoms with van der Waals surface area (Å²) in [6.07, 6.45) is 1.69. The molecule has 0 atom stereocenters. The maximum atomic E-state index is 10.6. The van der Waals surface area contributed by atoms with Crippen molar-refractivity contribution in [3.05, 3.63) is 52.7 Å². The Morgan fingerprint density at radius 1 is 1.29 bits per heavy atom. The Bertz CT molecular complexity index is 546. The number of aromatic nitrogens is 1. The molecule has 0 aliphatic carbocycles. The van der Waals surface area contributed by atoms with Crippen molar-refractivity contribution in [3.63, 3.8) is 0 Å². The summed E-state index contributed by atoms with van der Waals surface area (Å²) in [5.74, 6) is 0. The Labute approximate surface area is 102 Å². The van der Waals surface area contributed by atoms with Gasteiger partial charge in [-0.25, -0.2) is 4.98 Å². The molecule has 0 aliphatic rings. The highest BCUT2D eigenvalue weighted by Gasteiger charge is 2.11. The molecule has 1 aromatic carbocycles. The topological polar surface area (TPSA) is 82.0 Å². The van der Waals surface area contributed by atoms with E-state index in [4.69, 9.17) is 5.73 Å². The number of hydrogen-bond donors (Lipinski definition) is 1. The van der Waals surface area contributed by atoms with Crippen LogP contribution in [0.2, 0.25) is 0 Å². The monoisotopic (exact) mass is 247 g/mol. The minimum absolute atomic E-state index is 0.0737. The van der Waals surface area contributed by atoms with Crippen molar-refractivity contribution in [1.29, 1.82) is 0 Å². The van der Waals surface area contributed by atoms with Crippen LogP contribution in [0, 0.1) is 10.1 Å². The highest BCUT2D eigenvalue weighted by molar-refractivity contribution is 7.99. The molecule has 1 heterocycles. The molecule has 0 saturated heterocycles. The van der Waals surface area contributed by atoms with E-state index in [2.05, 4.69) is 4.98 Å². The van der Waals surface area contributed by atoms with E-state index >= 15 is 0 Å². The molecular formula is C11H9N3O2S. The molecule has 86 valence electrons. The molecule has 0 unspecified atom stereocenters. The largest absolute Gasteiger partial charge is 0.393 e. The second-order valence-corrected chi connectivity index (χ2v) is 4.34. The number of nitrogens with zero attached hydrogens (tertiary/aromatic N) is 2. The van der Waals surface area contributed by atoms with Crippen LogP contribution in [0.1, 0.15) is 0 Å². The number of nitrogen functional groups attached to an aromatic ring is 1. The number of rotatable bonds is 3. The molecule has 0 spiro atoms. The van der Waals surface area contributed by atoms with E-state index in [9.17, 15) is 10.1 Å². The summed E-state index contributed by atoms with van der Waals surface area (Å²) in [4.78, 5) is 15.1. The second kappa shape index (κ2) is 4.84. The summed E-state index contributed by atoms with van der Waals surface area (Å²) in [6.45, 7) is 0. The van der Waals surface area contributed by atoms with Gasteiger partial charge in [0.2, 0.25) is 0 Å². The Morgan fingerprint density at radius 3 is 2.71 bits per heavy atom. The Balaban J connectivity index is 2.24. The van der Waals surface area contributed by atoms with Gasteiger partial charge in [-0.3, -0.25) is 10.1 Å². The fourth-order valence-corrected chi connectivity index (χ4v) is 2.11. The van der Waals surface area contributed by atoms with Gasteiger partial charge in [-0.1, -0.05) is 17.8 Å². The summed E-state index contributed by atoms with van der Waals surface area (Å²) < 4.78 is 0. The molecule has 2 aromatic rings. The molecular weight excluding hydrogens is 238 g/mol. The average Bonchev–Trinajstić information content (AvgIpc) is 2.30. The molecule has 0 radical (unpaired) electrons. The van der Waals surface area contributed by atoms with E-state index < -0.39 is 4.92 Å². The van der Waals surface area contributed by atoms with E-state index in [0.29, 0.717) is 0 Å². The predicted octanol–water partition coefficient (Wildman–Crippen LogP) is 2.72. The molecule has 17 heavy (non-hydrogen) atoms. The maximum absolute atomic E-state index is 10.6. The van der Waals surface area contributed by atoms with Gasteiger partial charge in [-0.05, 0) is 24.3 Å². The molecule has 0 fully saturated rings. The Kier molecular flexibility index (Phi) is 3.24. The van der Waals surface area contributed by atoms with Crippen molar-refractivity contribution in [2.24, 2.45) is 0 Å². The summed E-state index contributed by atoms with van der Waals surface area (Å²) in [6, 6.07) is 10.2. The first-order valence-corrected chi connectivity index (χ1v) is 5.61. The molecule has 0 bridgehead atoms. The van der Waals surface area contributed by atoms with Gasteiger partial charge in [-0.2, -0.15) is 0 Å². The van der Waals surface area contributed by atoms with Crippen LogP contribution in [0.15, 0.2) is 52.5 Å². The Hall–Kier alpha value is -2.08. The van der Waals surface area contributed by atoms with Crippen molar-refractivity contribution in [2.45, 2.75) is 9.92 Å². The van der Waals surface area contributed by atoms with Crippen LogP contribution in [0.3, 0.4) is 0 Å². The van der Waals surface area contributed by atoms with Crippen molar-refractivity contribution >= 4 is 23.1 Å². The molecule has 0 amide bonds. The van der Waals surface area contributed by atoms with Gasteiger partial charge in [0.05, 0.1) is 4.92 Å².